The van der Waals surface area contributed by atoms with Crippen molar-refractivity contribution in [3.05, 3.63) is 45.4 Å². The van der Waals surface area contributed by atoms with Gasteiger partial charge in [0.05, 0.1) is 17.2 Å². The van der Waals surface area contributed by atoms with E-state index in [9.17, 15) is 0 Å². The minimum atomic E-state index is 0.764. The summed E-state index contributed by atoms with van der Waals surface area (Å²) in [5.41, 5.74) is 5.15. The molecule has 21 heavy (non-hydrogen) atoms. The fourth-order valence-corrected chi connectivity index (χ4v) is 3.22. The predicted octanol–water partition coefficient (Wildman–Crippen LogP) is 3.65. The van der Waals surface area contributed by atoms with Crippen molar-refractivity contribution < 1.29 is 0 Å². The zero-order valence-corrected chi connectivity index (χ0v) is 13.8. The first-order chi connectivity index (χ1) is 10.1. The summed E-state index contributed by atoms with van der Waals surface area (Å²) in [6.45, 7) is 6.10. The molecule has 0 spiro atoms. The zero-order chi connectivity index (χ0) is 14.8. The Kier molecular flexibility index (Phi) is 4.27. The fraction of sp³-hybridized carbons (Fsp3) is 0.471. The summed E-state index contributed by atoms with van der Waals surface area (Å²) < 4.78 is 0. The highest BCUT2D eigenvalue weighted by atomic mass is 32.1. The lowest BCUT2D eigenvalue weighted by Gasteiger charge is -2.21. The summed E-state index contributed by atoms with van der Waals surface area (Å²) in [6, 6.07) is 7.53. The van der Waals surface area contributed by atoms with Gasteiger partial charge in [-0.05, 0) is 43.9 Å². The molecule has 3 rings (SSSR count). The van der Waals surface area contributed by atoms with E-state index in [1.165, 1.54) is 29.7 Å². The van der Waals surface area contributed by atoms with Crippen LogP contribution in [0, 0.1) is 13.8 Å². The minimum absolute atomic E-state index is 0.764. The van der Waals surface area contributed by atoms with E-state index in [0.29, 0.717) is 0 Å². The summed E-state index contributed by atoms with van der Waals surface area (Å²) in [6.07, 6.45) is 2.68. The van der Waals surface area contributed by atoms with Crippen LogP contribution in [0.1, 0.15) is 34.7 Å². The van der Waals surface area contributed by atoms with Crippen LogP contribution in [-0.2, 0) is 13.1 Å². The number of nitrogens with one attached hydrogen (secondary N) is 1. The van der Waals surface area contributed by atoms with Crippen LogP contribution in [-0.4, -0.2) is 18.1 Å². The molecule has 112 valence electrons. The second-order valence-corrected chi connectivity index (χ2v) is 7.05. The molecule has 0 unspecified atom stereocenters. The van der Waals surface area contributed by atoms with Crippen molar-refractivity contribution in [3.8, 4) is 0 Å². The molecule has 1 heterocycles. The standard InChI is InChI=1S/C17H23N3S/c1-12-8-14(9-18-15-5-6-15)4-7-17(12)20(3)10-16-11-21-13(2)19-16/h4,7-8,11,15,18H,5-6,9-10H2,1-3H3. The number of rotatable bonds is 6. The first kappa shape index (κ1) is 14.5. The molecule has 1 fully saturated rings. The van der Waals surface area contributed by atoms with Crippen LogP contribution in [0.2, 0.25) is 0 Å². The molecule has 0 saturated heterocycles. The van der Waals surface area contributed by atoms with E-state index in [2.05, 4.69) is 59.7 Å². The maximum Gasteiger partial charge on any atom is 0.0898 e. The molecule has 0 aliphatic heterocycles. The van der Waals surface area contributed by atoms with E-state index in [0.717, 1.165) is 29.8 Å². The van der Waals surface area contributed by atoms with Gasteiger partial charge in [0.2, 0.25) is 0 Å². The van der Waals surface area contributed by atoms with Crippen molar-refractivity contribution >= 4 is 17.0 Å². The van der Waals surface area contributed by atoms with Gasteiger partial charge in [-0.1, -0.05) is 12.1 Å². The number of benzene rings is 1. The Labute approximate surface area is 131 Å². The summed E-state index contributed by atoms with van der Waals surface area (Å²) in [4.78, 5) is 6.83. The van der Waals surface area contributed by atoms with E-state index in [4.69, 9.17) is 0 Å². The average Bonchev–Trinajstić information content (AvgIpc) is 3.19. The van der Waals surface area contributed by atoms with E-state index >= 15 is 0 Å². The lowest BCUT2D eigenvalue weighted by molar-refractivity contribution is 0.687. The lowest BCUT2D eigenvalue weighted by atomic mass is 10.1. The van der Waals surface area contributed by atoms with Crippen LogP contribution < -0.4 is 10.2 Å². The first-order valence-electron chi connectivity index (χ1n) is 7.57. The van der Waals surface area contributed by atoms with Gasteiger partial charge in [0.25, 0.3) is 0 Å². The van der Waals surface area contributed by atoms with Gasteiger partial charge in [0.1, 0.15) is 0 Å². The monoisotopic (exact) mass is 301 g/mol. The molecule has 1 N–H and O–H groups in total. The molecular weight excluding hydrogens is 278 g/mol. The van der Waals surface area contributed by atoms with Crippen molar-refractivity contribution in [1.29, 1.82) is 0 Å². The van der Waals surface area contributed by atoms with Crippen LogP contribution in [0.3, 0.4) is 0 Å². The molecule has 0 bridgehead atoms. The number of aryl methyl sites for hydroxylation is 2. The third-order valence-electron chi connectivity index (χ3n) is 3.91. The normalized spacial score (nSPS) is 14.4. The Balaban J connectivity index is 1.65. The summed E-state index contributed by atoms with van der Waals surface area (Å²) in [5.74, 6) is 0. The summed E-state index contributed by atoms with van der Waals surface area (Å²) in [7, 11) is 2.14. The van der Waals surface area contributed by atoms with Crippen LogP contribution in [0.15, 0.2) is 23.6 Å². The summed E-state index contributed by atoms with van der Waals surface area (Å²) in [5, 5.41) is 6.85. The largest absolute Gasteiger partial charge is 0.368 e. The molecule has 1 aromatic carbocycles. The van der Waals surface area contributed by atoms with Gasteiger partial charge in [-0.15, -0.1) is 11.3 Å². The molecule has 0 radical (unpaired) electrons. The van der Waals surface area contributed by atoms with E-state index in [1.807, 2.05) is 0 Å². The van der Waals surface area contributed by atoms with Crippen LogP contribution in [0.5, 0.6) is 0 Å². The van der Waals surface area contributed by atoms with Gasteiger partial charge in [-0.3, -0.25) is 0 Å². The molecule has 1 saturated carbocycles. The van der Waals surface area contributed by atoms with Gasteiger partial charge in [0, 0.05) is 30.7 Å². The van der Waals surface area contributed by atoms with Gasteiger partial charge >= 0.3 is 0 Å². The second kappa shape index (κ2) is 6.16. The number of aromatic nitrogens is 1. The number of hydrogen-bond donors (Lipinski definition) is 1. The number of nitrogens with zero attached hydrogens (tertiary/aromatic N) is 2. The van der Waals surface area contributed by atoms with Crippen LogP contribution in [0.4, 0.5) is 5.69 Å². The van der Waals surface area contributed by atoms with Gasteiger partial charge in [-0.2, -0.15) is 0 Å². The molecule has 0 amide bonds. The Bertz CT molecular complexity index is 616. The predicted molar refractivity (Wildman–Crippen MR) is 90.0 cm³/mol. The maximum absolute atomic E-state index is 4.55. The van der Waals surface area contributed by atoms with Gasteiger partial charge < -0.3 is 10.2 Å². The van der Waals surface area contributed by atoms with Gasteiger partial charge in [-0.25, -0.2) is 4.98 Å². The number of thiazole rings is 1. The minimum Gasteiger partial charge on any atom is -0.368 e. The molecule has 2 aromatic rings. The second-order valence-electron chi connectivity index (χ2n) is 5.99. The molecule has 4 heteroatoms. The molecule has 1 aliphatic carbocycles. The molecular formula is C17H23N3S. The van der Waals surface area contributed by atoms with E-state index < -0.39 is 0 Å². The smallest absolute Gasteiger partial charge is 0.0898 e. The van der Waals surface area contributed by atoms with Crippen molar-refractivity contribution in [2.45, 2.75) is 45.8 Å². The van der Waals surface area contributed by atoms with Gasteiger partial charge in [0.15, 0.2) is 0 Å². The fourth-order valence-electron chi connectivity index (χ4n) is 2.61. The SMILES string of the molecule is Cc1nc(CN(C)c2ccc(CNC3CC3)cc2C)cs1. The highest BCUT2D eigenvalue weighted by molar-refractivity contribution is 7.09. The van der Waals surface area contributed by atoms with E-state index in [-0.39, 0.29) is 0 Å². The Hall–Kier alpha value is -1.39. The Morgan fingerprint density at radius 2 is 2.14 bits per heavy atom. The molecule has 3 nitrogen and oxygen atoms in total. The lowest BCUT2D eigenvalue weighted by Crippen LogP contribution is -2.18. The molecule has 0 atom stereocenters. The number of anilines is 1. The topological polar surface area (TPSA) is 28.2 Å². The van der Waals surface area contributed by atoms with Crippen molar-refractivity contribution in [1.82, 2.24) is 10.3 Å². The van der Waals surface area contributed by atoms with Crippen molar-refractivity contribution in [2.24, 2.45) is 0 Å². The zero-order valence-electron chi connectivity index (χ0n) is 13.0. The quantitative estimate of drug-likeness (QED) is 0.883. The van der Waals surface area contributed by atoms with Crippen LogP contribution in [0.25, 0.3) is 0 Å². The third-order valence-corrected chi connectivity index (χ3v) is 4.73. The Morgan fingerprint density at radius 3 is 2.76 bits per heavy atom. The van der Waals surface area contributed by atoms with Crippen molar-refractivity contribution in [3.63, 3.8) is 0 Å². The van der Waals surface area contributed by atoms with Crippen LogP contribution >= 0.6 is 11.3 Å². The van der Waals surface area contributed by atoms with Crippen molar-refractivity contribution in [2.75, 3.05) is 11.9 Å². The first-order valence-corrected chi connectivity index (χ1v) is 8.45. The summed E-state index contributed by atoms with van der Waals surface area (Å²) >= 11 is 1.72. The van der Waals surface area contributed by atoms with E-state index in [1.54, 1.807) is 11.3 Å². The average molecular weight is 301 g/mol. The highest BCUT2D eigenvalue weighted by Gasteiger charge is 2.20. The molecule has 1 aliphatic rings. The maximum atomic E-state index is 4.55. The highest BCUT2D eigenvalue weighted by Crippen LogP contribution is 2.24. The molecule has 1 aromatic heterocycles. The Morgan fingerprint density at radius 1 is 1.33 bits per heavy atom. The number of hydrogen-bond acceptors (Lipinski definition) is 4. The third kappa shape index (κ3) is 3.83.